The molecule has 0 fully saturated rings. The highest BCUT2D eigenvalue weighted by Crippen LogP contribution is 2.19. The number of urea groups is 1. The van der Waals surface area contributed by atoms with E-state index >= 15 is 0 Å². The van der Waals surface area contributed by atoms with E-state index in [2.05, 4.69) is 10.3 Å². The van der Waals surface area contributed by atoms with Crippen LogP contribution >= 0.6 is 0 Å². The number of amides is 2. The van der Waals surface area contributed by atoms with Crippen LogP contribution in [-0.4, -0.2) is 17.9 Å². The molecule has 0 unspecified atom stereocenters. The maximum Gasteiger partial charge on any atom is 0.433 e. The Morgan fingerprint density at radius 3 is 2.45 bits per heavy atom. The monoisotopic (exact) mass is 162 g/mol. The van der Waals surface area contributed by atoms with Gasteiger partial charge in [-0.05, 0) is 6.08 Å². The molecule has 1 aliphatic heterocycles. The Bertz CT molecular complexity index is 241. The van der Waals surface area contributed by atoms with Gasteiger partial charge in [0.25, 0.3) is 0 Å². The number of allylic oxidation sites excluding steroid dienone is 1. The van der Waals surface area contributed by atoms with Crippen LogP contribution in [0.15, 0.2) is 11.1 Å². The molecule has 58 valence electrons. The highest BCUT2D eigenvalue weighted by atomic mass is 19.4. The maximum absolute atomic E-state index is 11.7. The Hall–Kier alpha value is -1.33. The largest absolute Gasteiger partial charge is 0.433 e. The van der Waals surface area contributed by atoms with E-state index in [9.17, 15) is 18.0 Å². The third-order valence-corrected chi connectivity index (χ3v) is 0.868. The van der Waals surface area contributed by atoms with Crippen LogP contribution in [0.25, 0.3) is 0 Å². The number of carbonyl (C=O) groups excluding carboxylic acids is 1. The average Bonchev–Trinajstić information content (AvgIpc) is 1.86. The van der Waals surface area contributed by atoms with Gasteiger partial charge in [-0.1, -0.05) is 0 Å². The lowest BCUT2D eigenvalue weighted by atomic mass is 10.3. The van der Waals surface area contributed by atoms with Crippen LogP contribution < -0.4 is 5.32 Å². The summed E-state index contributed by atoms with van der Waals surface area (Å²) < 4.78 is 35.2. The number of carbonyl (C=O) groups is 1. The summed E-state index contributed by atoms with van der Waals surface area (Å²) in [5, 5.41) is 2.86. The smallest absolute Gasteiger partial charge is 0.244 e. The van der Waals surface area contributed by atoms with Gasteiger partial charge < -0.3 is 0 Å². The first-order valence-electron chi connectivity index (χ1n) is 2.49. The standard InChI is InChI=1S/C5HF3N2O/c6-5(7,8)3-1-2-9-4(11)10-3/h1H. The Labute approximate surface area is 59.6 Å². The van der Waals surface area contributed by atoms with Gasteiger partial charge in [-0.15, -0.1) is 0 Å². The second-order valence-electron chi connectivity index (χ2n) is 1.66. The summed E-state index contributed by atoms with van der Waals surface area (Å²) in [7, 11) is 0. The molecule has 1 heterocycles. The van der Waals surface area contributed by atoms with Gasteiger partial charge in [0.05, 0.1) is 6.20 Å². The third kappa shape index (κ3) is 1.79. The minimum absolute atomic E-state index is 0.515. The van der Waals surface area contributed by atoms with E-state index in [0.29, 0.717) is 6.08 Å². The van der Waals surface area contributed by atoms with Crippen molar-refractivity contribution >= 4 is 11.7 Å². The number of rotatable bonds is 0. The van der Waals surface area contributed by atoms with Crippen LogP contribution in [0.2, 0.25) is 0 Å². The number of nitrogens with zero attached hydrogens (tertiary/aromatic N) is 2. The summed E-state index contributed by atoms with van der Waals surface area (Å²) >= 11 is 0. The van der Waals surface area contributed by atoms with E-state index < -0.39 is 17.9 Å². The van der Waals surface area contributed by atoms with Crippen molar-refractivity contribution < 1.29 is 18.0 Å². The molecular formula is C5HF3N2O. The van der Waals surface area contributed by atoms with Crippen molar-refractivity contribution in [2.24, 2.45) is 4.99 Å². The van der Waals surface area contributed by atoms with Crippen molar-refractivity contribution in [3.63, 3.8) is 0 Å². The molecule has 11 heavy (non-hydrogen) atoms. The molecule has 0 aromatic carbocycles. The summed E-state index contributed by atoms with van der Waals surface area (Å²) in [5.41, 5.74) is -1.27. The van der Waals surface area contributed by atoms with E-state index in [0.717, 1.165) is 0 Å². The summed E-state index contributed by atoms with van der Waals surface area (Å²) in [5.74, 6) is 0. The molecule has 0 bridgehead atoms. The van der Waals surface area contributed by atoms with E-state index in [-0.39, 0.29) is 0 Å². The number of halogens is 3. The van der Waals surface area contributed by atoms with Gasteiger partial charge in [0, 0.05) is 0 Å². The quantitative estimate of drug-likeness (QED) is 0.524. The molecule has 0 saturated heterocycles. The average molecular weight is 162 g/mol. The molecule has 1 rings (SSSR count). The van der Waals surface area contributed by atoms with Crippen LogP contribution in [0, 0.1) is 6.20 Å². The van der Waals surface area contributed by atoms with E-state index in [1.807, 2.05) is 0 Å². The summed E-state index contributed by atoms with van der Waals surface area (Å²) in [6.07, 6.45) is -2.29. The minimum Gasteiger partial charge on any atom is -0.244 e. The molecule has 2 radical (unpaired) electrons. The van der Waals surface area contributed by atoms with Crippen LogP contribution in [0.3, 0.4) is 0 Å². The molecule has 6 heteroatoms. The van der Waals surface area contributed by atoms with Crippen molar-refractivity contribution in [3.8, 4) is 0 Å². The maximum atomic E-state index is 11.7. The SMILES string of the molecule is O=C1[N][C]=CC(C(F)(F)F)=N1. The topological polar surface area (TPSA) is 43.5 Å². The van der Waals surface area contributed by atoms with Gasteiger partial charge in [0.2, 0.25) is 0 Å². The number of hydrogen-bond donors (Lipinski definition) is 0. The summed E-state index contributed by atoms with van der Waals surface area (Å²) in [4.78, 5) is 12.8. The van der Waals surface area contributed by atoms with Crippen molar-refractivity contribution in [2.45, 2.75) is 6.18 Å². The molecular weight excluding hydrogens is 161 g/mol. The van der Waals surface area contributed by atoms with Crippen LogP contribution in [0.4, 0.5) is 18.0 Å². The van der Waals surface area contributed by atoms with E-state index in [1.54, 1.807) is 6.20 Å². The normalized spacial score (nSPS) is 17.7. The Morgan fingerprint density at radius 2 is 2.09 bits per heavy atom. The first-order valence-corrected chi connectivity index (χ1v) is 2.49. The molecule has 1 aliphatic rings. The third-order valence-electron chi connectivity index (χ3n) is 0.868. The van der Waals surface area contributed by atoms with Crippen LogP contribution in [0.5, 0.6) is 0 Å². The first-order chi connectivity index (χ1) is 5.00. The van der Waals surface area contributed by atoms with Crippen molar-refractivity contribution in [3.05, 3.63) is 12.3 Å². The second kappa shape index (κ2) is 2.37. The van der Waals surface area contributed by atoms with Gasteiger partial charge in [0.1, 0.15) is 0 Å². The van der Waals surface area contributed by atoms with Gasteiger partial charge in [0.15, 0.2) is 5.71 Å². The molecule has 0 spiro atoms. The Kier molecular flexibility index (Phi) is 1.67. The second-order valence-corrected chi connectivity index (χ2v) is 1.66. The van der Waals surface area contributed by atoms with Crippen molar-refractivity contribution in [2.75, 3.05) is 0 Å². The summed E-state index contributed by atoms with van der Waals surface area (Å²) in [6.45, 7) is 0. The first kappa shape index (κ1) is 7.77. The zero-order chi connectivity index (χ0) is 8.48. The number of aliphatic imine (C=N–C) groups is 1. The highest BCUT2D eigenvalue weighted by molar-refractivity contribution is 6.06. The minimum atomic E-state index is -4.60. The van der Waals surface area contributed by atoms with E-state index in [4.69, 9.17) is 0 Å². The molecule has 0 aromatic heterocycles. The Balaban J connectivity index is 2.88. The molecule has 0 aliphatic carbocycles. The highest BCUT2D eigenvalue weighted by Gasteiger charge is 2.35. The van der Waals surface area contributed by atoms with Gasteiger partial charge in [-0.3, -0.25) is 0 Å². The van der Waals surface area contributed by atoms with Crippen molar-refractivity contribution in [1.82, 2.24) is 5.32 Å². The van der Waals surface area contributed by atoms with Crippen molar-refractivity contribution in [1.29, 1.82) is 0 Å². The van der Waals surface area contributed by atoms with Crippen LogP contribution in [0.1, 0.15) is 0 Å². The zero-order valence-electron chi connectivity index (χ0n) is 5.01. The summed E-state index contributed by atoms with van der Waals surface area (Å²) in [6, 6.07) is -1.18. The fraction of sp³-hybridized carbons (Fsp3) is 0.200. The van der Waals surface area contributed by atoms with Gasteiger partial charge >= 0.3 is 12.2 Å². The lowest BCUT2D eigenvalue weighted by molar-refractivity contribution is -0.0578. The zero-order valence-corrected chi connectivity index (χ0v) is 5.01. The Morgan fingerprint density at radius 1 is 1.45 bits per heavy atom. The molecule has 2 amide bonds. The van der Waals surface area contributed by atoms with Crippen LogP contribution in [-0.2, 0) is 0 Å². The van der Waals surface area contributed by atoms with Gasteiger partial charge in [-0.25, -0.2) is 4.79 Å². The fourth-order valence-corrected chi connectivity index (χ4v) is 0.454. The molecule has 0 N–H and O–H groups in total. The van der Waals surface area contributed by atoms with E-state index in [1.165, 1.54) is 0 Å². The fourth-order valence-electron chi connectivity index (χ4n) is 0.454. The number of hydrogen-bond acceptors (Lipinski definition) is 1. The molecule has 3 nitrogen and oxygen atoms in total. The number of alkyl halides is 3. The predicted molar refractivity (Wildman–Crippen MR) is 28.8 cm³/mol. The molecule has 0 atom stereocenters. The molecule has 0 aromatic rings. The van der Waals surface area contributed by atoms with Gasteiger partial charge in [-0.2, -0.15) is 23.5 Å². The molecule has 0 saturated carbocycles. The lowest BCUT2D eigenvalue weighted by Gasteiger charge is -2.06. The predicted octanol–water partition coefficient (Wildman–Crippen LogP) is 1.04. The lowest BCUT2D eigenvalue weighted by Crippen LogP contribution is -2.26.